The Hall–Kier alpha value is -5.41. The molecule has 0 saturated carbocycles. The number of nitrogens with zero attached hydrogens (tertiary/aromatic N) is 6. The number of halogens is 3. The van der Waals surface area contributed by atoms with Crippen LogP contribution < -0.4 is 5.32 Å². The van der Waals surface area contributed by atoms with Crippen molar-refractivity contribution in [1.82, 2.24) is 35.0 Å². The molecule has 1 amide bonds. The van der Waals surface area contributed by atoms with Crippen LogP contribution in [0.3, 0.4) is 0 Å². The summed E-state index contributed by atoms with van der Waals surface area (Å²) in [5, 5.41) is 9.04. The number of aromatic nitrogens is 6. The van der Waals surface area contributed by atoms with Gasteiger partial charge < -0.3 is 5.32 Å². The molecule has 0 aliphatic carbocycles. The predicted octanol–water partition coefficient (Wildman–Crippen LogP) is 10.8. The average molecular weight is 829 g/mol. The van der Waals surface area contributed by atoms with Crippen molar-refractivity contribution >= 4 is 40.7 Å². The molecular formula is C47H44Cl3N7O. The Morgan fingerprint density at radius 2 is 1.33 bits per heavy atom. The van der Waals surface area contributed by atoms with Gasteiger partial charge in [-0.1, -0.05) is 128 Å². The Labute approximate surface area is 354 Å². The highest BCUT2D eigenvalue weighted by atomic mass is 35.5. The largest absolute Gasteiger partial charge is 0.356 e. The van der Waals surface area contributed by atoms with Gasteiger partial charge >= 0.3 is 0 Å². The normalized spacial score (nSPS) is 11.2. The zero-order valence-electron chi connectivity index (χ0n) is 32.8. The van der Waals surface area contributed by atoms with Crippen molar-refractivity contribution in [2.45, 2.75) is 65.8 Å². The van der Waals surface area contributed by atoms with Crippen LogP contribution in [-0.4, -0.2) is 42.2 Å². The van der Waals surface area contributed by atoms with Crippen LogP contribution in [0.2, 0.25) is 15.1 Å². The maximum Gasteiger partial charge on any atom is 0.224 e. The molecule has 7 aromatic rings. The minimum atomic E-state index is 0.0201. The first-order valence-corrected chi connectivity index (χ1v) is 20.7. The van der Waals surface area contributed by atoms with Gasteiger partial charge in [0.25, 0.3) is 0 Å². The van der Waals surface area contributed by atoms with Crippen LogP contribution in [0.25, 0.3) is 33.9 Å². The van der Waals surface area contributed by atoms with Crippen LogP contribution in [0.5, 0.6) is 0 Å². The van der Waals surface area contributed by atoms with E-state index in [4.69, 9.17) is 54.7 Å². The minimum Gasteiger partial charge on any atom is -0.356 e. The summed E-state index contributed by atoms with van der Waals surface area (Å²) in [6.45, 7) is 7.55. The fourth-order valence-electron chi connectivity index (χ4n) is 6.89. The molecule has 3 aromatic heterocycles. The quantitative estimate of drug-likeness (QED) is 0.111. The molecule has 11 heteroatoms. The van der Waals surface area contributed by atoms with Gasteiger partial charge in [-0.3, -0.25) is 9.48 Å². The van der Waals surface area contributed by atoms with Crippen LogP contribution in [-0.2, 0) is 43.4 Å². The molecule has 0 saturated heterocycles. The number of hydrogen-bond acceptors (Lipinski definition) is 6. The molecule has 4 aromatic carbocycles. The van der Waals surface area contributed by atoms with E-state index in [1.54, 1.807) is 6.20 Å². The van der Waals surface area contributed by atoms with Crippen molar-refractivity contribution in [1.29, 1.82) is 0 Å². The van der Waals surface area contributed by atoms with E-state index in [2.05, 4.69) is 66.7 Å². The van der Waals surface area contributed by atoms with E-state index in [1.807, 2.05) is 72.4 Å². The third-order valence-corrected chi connectivity index (χ3v) is 10.6. The van der Waals surface area contributed by atoms with Crippen molar-refractivity contribution < 1.29 is 4.79 Å². The Kier molecular flexibility index (Phi) is 13.3. The van der Waals surface area contributed by atoms with Crippen LogP contribution in [0.4, 0.5) is 0 Å². The highest BCUT2D eigenvalue weighted by Gasteiger charge is 2.20. The second kappa shape index (κ2) is 18.9. The van der Waals surface area contributed by atoms with Crippen LogP contribution in [0.1, 0.15) is 72.2 Å². The molecular weight excluding hydrogens is 785 g/mol. The number of benzene rings is 4. The first-order chi connectivity index (χ1) is 28.2. The monoisotopic (exact) mass is 827 g/mol. The number of amides is 1. The van der Waals surface area contributed by atoms with E-state index in [1.165, 1.54) is 0 Å². The summed E-state index contributed by atoms with van der Waals surface area (Å²) < 4.78 is 1.82. The van der Waals surface area contributed by atoms with Crippen molar-refractivity contribution in [2.75, 3.05) is 6.54 Å². The minimum absolute atomic E-state index is 0.0201. The van der Waals surface area contributed by atoms with Gasteiger partial charge in [0.1, 0.15) is 0 Å². The van der Waals surface area contributed by atoms with Gasteiger partial charge in [0.05, 0.1) is 35.6 Å². The number of carbonyl (C=O) groups is 1. The smallest absolute Gasteiger partial charge is 0.224 e. The molecule has 0 aliphatic heterocycles. The van der Waals surface area contributed by atoms with E-state index in [9.17, 15) is 4.79 Å². The van der Waals surface area contributed by atoms with Gasteiger partial charge in [-0.2, -0.15) is 5.10 Å². The molecule has 3 heterocycles. The molecule has 0 fully saturated rings. The molecule has 294 valence electrons. The van der Waals surface area contributed by atoms with E-state index in [0.29, 0.717) is 65.5 Å². The number of nitrogens with one attached hydrogen (secondary N) is 1. The third kappa shape index (κ3) is 10.2. The molecule has 8 nitrogen and oxygen atoms in total. The lowest BCUT2D eigenvalue weighted by atomic mass is 9.94. The van der Waals surface area contributed by atoms with Gasteiger partial charge in [0.2, 0.25) is 5.91 Å². The Bertz CT molecular complexity index is 2530. The SMILES string of the molecule is CCCNC(=O)Cc1ccc(Cc2nc(-c3cccc(Cl)c3)nc(CC)c2-c2ccc(-c3nc(CC)cc(Cc4ccc(Cn5cc(Cl)cn5)cc4)n3)cc2Cl)cc1. The standard InChI is InChI=1S/C47H44Cl3N7O/c1-4-20-51-44(58)23-32-12-10-31(11-13-32)22-43-45(42(6-3)55-47(56-43)34-8-7-9-36(48)24-34)40-19-18-35(25-41(40)50)46-53-38(5-2)26-39(54-46)21-30-14-16-33(17-15-30)28-57-29-37(49)27-52-57/h7-19,24-27,29H,4-6,20-23,28H2,1-3H3,(H,51,58). The Balaban J connectivity index is 1.20. The number of hydrogen-bond donors (Lipinski definition) is 1. The van der Waals surface area contributed by atoms with Crippen molar-refractivity contribution in [3.8, 4) is 33.9 Å². The van der Waals surface area contributed by atoms with Gasteiger partial charge in [-0.15, -0.1) is 0 Å². The second-order valence-electron chi connectivity index (χ2n) is 14.3. The van der Waals surface area contributed by atoms with Gasteiger partial charge in [0, 0.05) is 69.3 Å². The molecule has 7 rings (SSSR count). The fraction of sp³-hybridized carbons (Fsp3) is 0.234. The third-order valence-electron chi connectivity index (χ3n) is 9.85. The lowest BCUT2D eigenvalue weighted by Crippen LogP contribution is -2.25. The molecule has 0 radical (unpaired) electrons. The Morgan fingerprint density at radius 3 is 2.00 bits per heavy atom. The molecule has 0 atom stereocenters. The summed E-state index contributed by atoms with van der Waals surface area (Å²) in [7, 11) is 0. The summed E-state index contributed by atoms with van der Waals surface area (Å²) in [6.07, 6.45) is 7.32. The molecule has 0 unspecified atom stereocenters. The number of carbonyl (C=O) groups excluding carboxylic acids is 1. The topological polar surface area (TPSA) is 98.5 Å². The first-order valence-electron chi connectivity index (χ1n) is 19.6. The Morgan fingerprint density at radius 1 is 0.655 bits per heavy atom. The molecule has 0 spiro atoms. The highest BCUT2D eigenvalue weighted by Crippen LogP contribution is 2.37. The summed E-state index contributed by atoms with van der Waals surface area (Å²) in [6, 6.07) is 32.3. The van der Waals surface area contributed by atoms with Crippen LogP contribution in [0, 0.1) is 0 Å². The van der Waals surface area contributed by atoms with Crippen LogP contribution >= 0.6 is 34.8 Å². The van der Waals surface area contributed by atoms with E-state index >= 15 is 0 Å². The van der Waals surface area contributed by atoms with E-state index in [-0.39, 0.29) is 5.91 Å². The lowest BCUT2D eigenvalue weighted by molar-refractivity contribution is -0.120. The highest BCUT2D eigenvalue weighted by molar-refractivity contribution is 6.33. The van der Waals surface area contributed by atoms with Gasteiger partial charge in [0.15, 0.2) is 11.6 Å². The average Bonchev–Trinajstić information content (AvgIpc) is 3.65. The van der Waals surface area contributed by atoms with Gasteiger partial charge in [-0.05, 0) is 65.8 Å². The van der Waals surface area contributed by atoms with E-state index in [0.717, 1.165) is 80.1 Å². The van der Waals surface area contributed by atoms with Crippen molar-refractivity contribution in [2.24, 2.45) is 0 Å². The summed E-state index contributed by atoms with van der Waals surface area (Å²) in [5.41, 5.74) is 11.3. The molecule has 58 heavy (non-hydrogen) atoms. The van der Waals surface area contributed by atoms with Crippen molar-refractivity contribution in [3.63, 3.8) is 0 Å². The summed E-state index contributed by atoms with van der Waals surface area (Å²) >= 11 is 19.7. The van der Waals surface area contributed by atoms with Crippen LogP contribution in [0.15, 0.2) is 109 Å². The maximum atomic E-state index is 12.4. The summed E-state index contributed by atoms with van der Waals surface area (Å²) in [5.74, 6) is 1.25. The maximum absolute atomic E-state index is 12.4. The zero-order valence-corrected chi connectivity index (χ0v) is 35.0. The predicted molar refractivity (Wildman–Crippen MR) is 235 cm³/mol. The molecule has 0 bridgehead atoms. The molecule has 1 N–H and O–H groups in total. The zero-order chi connectivity index (χ0) is 40.6. The van der Waals surface area contributed by atoms with E-state index < -0.39 is 0 Å². The first kappa shape index (κ1) is 40.8. The fourth-order valence-corrected chi connectivity index (χ4v) is 7.51. The lowest BCUT2D eigenvalue weighted by Gasteiger charge is -2.17. The van der Waals surface area contributed by atoms with Crippen molar-refractivity contribution in [3.05, 3.63) is 170 Å². The molecule has 0 aliphatic rings. The number of aryl methyl sites for hydroxylation is 2. The second-order valence-corrected chi connectivity index (χ2v) is 15.6. The van der Waals surface area contributed by atoms with Gasteiger partial charge in [-0.25, -0.2) is 19.9 Å². The number of rotatable bonds is 15. The summed E-state index contributed by atoms with van der Waals surface area (Å²) in [4.78, 5) is 32.6.